The molecule has 35 heavy (non-hydrogen) atoms. The van der Waals surface area contributed by atoms with E-state index in [0.29, 0.717) is 17.7 Å². The number of aryl methyl sites for hydroxylation is 5. The van der Waals surface area contributed by atoms with E-state index in [4.69, 9.17) is 0 Å². The number of hydrogen-bond acceptors (Lipinski definition) is 6. The average molecular weight is 500 g/mol. The molecule has 0 aliphatic rings. The van der Waals surface area contributed by atoms with E-state index in [1.807, 2.05) is 32.5 Å². The number of carboxylic acids is 1. The Kier molecular flexibility index (Phi) is 7.54. The number of hydrogen-bond donors (Lipinski definition) is 2. The maximum atomic E-state index is 13.1. The predicted molar refractivity (Wildman–Crippen MR) is 137 cm³/mol. The number of anilines is 2. The molecule has 188 valence electrons. The zero-order valence-electron chi connectivity index (χ0n) is 21.3. The van der Waals surface area contributed by atoms with Crippen LogP contribution >= 0.6 is 0 Å². The molecule has 0 radical (unpaired) electrons. The number of pyridine rings is 1. The molecule has 0 aliphatic carbocycles. The van der Waals surface area contributed by atoms with E-state index in [9.17, 15) is 18.3 Å². The van der Waals surface area contributed by atoms with Crippen molar-refractivity contribution >= 4 is 27.5 Å². The zero-order valence-corrected chi connectivity index (χ0v) is 22.1. The summed E-state index contributed by atoms with van der Waals surface area (Å²) in [4.78, 5) is 18.3. The summed E-state index contributed by atoms with van der Waals surface area (Å²) >= 11 is 0. The van der Waals surface area contributed by atoms with Crippen molar-refractivity contribution < 1.29 is 18.3 Å². The van der Waals surface area contributed by atoms with Gasteiger partial charge in [-0.1, -0.05) is 17.7 Å². The van der Waals surface area contributed by atoms with Gasteiger partial charge < -0.3 is 10.0 Å². The molecule has 0 saturated carbocycles. The van der Waals surface area contributed by atoms with E-state index in [1.165, 1.54) is 17.8 Å². The summed E-state index contributed by atoms with van der Waals surface area (Å²) in [7, 11) is -0.229. The van der Waals surface area contributed by atoms with Crippen LogP contribution in [0.2, 0.25) is 0 Å². The highest BCUT2D eigenvalue weighted by atomic mass is 32.2. The lowest BCUT2D eigenvalue weighted by Gasteiger charge is -2.21. The lowest BCUT2D eigenvalue weighted by Crippen LogP contribution is -2.23. The fourth-order valence-electron chi connectivity index (χ4n) is 4.55. The fourth-order valence-corrected chi connectivity index (χ4v) is 6.04. The molecule has 1 aromatic carbocycles. The van der Waals surface area contributed by atoms with E-state index >= 15 is 0 Å². The largest absolute Gasteiger partial charge is 0.478 e. The van der Waals surface area contributed by atoms with E-state index < -0.39 is 16.0 Å². The third-order valence-corrected chi connectivity index (χ3v) is 7.85. The van der Waals surface area contributed by atoms with Gasteiger partial charge in [0.1, 0.15) is 11.4 Å². The summed E-state index contributed by atoms with van der Waals surface area (Å²) in [6, 6.07) is 4.91. The number of nitrogens with one attached hydrogen (secondary N) is 1. The van der Waals surface area contributed by atoms with Gasteiger partial charge in [-0.25, -0.2) is 18.2 Å². The van der Waals surface area contributed by atoms with Crippen LogP contribution in [0.1, 0.15) is 50.4 Å². The molecular weight excluding hydrogens is 466 g/mol. The fraction of sp³-hybridized carbons (Fsp3) is 0.400. The lowest BCUT2D eigenvalue weighted by molar-refractivity contribution is 0.0697. The minimum Gasteiger partial charge on any atom is -0.478 e. The molecule has 0 aliphatic heterocycles. The highest BCUT2D eigenvalue weighted by Crippen LogP contribution is 2.27. The molecule has 3 rings (SSSR count). The first-order valence-electron chi connectivity index (χ1n) is 11.4. The van der Waals surface area contributed by atoms with Crippen LogP contribution in [0.5, 0.6) is 0 Å². The van der Waals surface area contributed by atoms with Crippen LogP contribution in [-0.2, 0) is 23.5 Å². The Morgan fingerprint density at radius 1 is 1.11 bits per heavy atom. The third-order valence-electron chi connectivity index (χ3n) is 6.16. The maximum absolute atomic E-state index is 13.1. The Morgan fingerprint density at radius 3 is 2.29 bits per heavy atom. The highest BCUT2D eigenvalue weighted by molar-refractivity contribution is 7.92. The van der Waals surface area contributed by atoms with Crippen LogP contribution in [0.4, 0.5) is 11.5 Å². The minimum absolute atomic E-state index is 0.0706. The first-order valence-corrected chi connectivity index (χ1v) is 12.8. The van der Waals surface area contributed by atoms with Crippen molar-refractivity contribution in [3.8, 4) is 0 Å². The van der Waals surface area contributed by atoms with Crippen molar-refractivity contribution in [2.75, 3.05) is 23.2 Å². The Bertz CT molecular complexity index is 1360. The van der Waals surface area contributed by atoms with Crippen molar-refractivity contribution in [3.63, 3.8) is 0 Å². The smallest absolute Gasteiger partial charge is 0.339 e. The number of nitrogens with zero attached hydrogens (tertiary/aromatic N) is 4. The molecule has 0 fully saturated rings. The minimum atomic E-state index is -3.92. The van der Waals surface area contributed by atoms with Crippen molar-refractivity contribution in [1.29, 1.82) is 0 Å². The quantitative estimate of drug-likeness (QED) is 0.458. The Labute approximate surface area is 206 Å². The van der Waals surface area contributed by atoms with Crippen LogP contribution in [-0.4, -0.2) is 47.9 Å². The number of sulfonamides is 1. The molecular formula is C25H33N5O4S. The van der Waals surface area contributed by atoms with Gasteiger partial charge in [0.05, 0.1) is 22.5 Å². The molecule has 2 aromatic heterocycles. The van der Waals surface area contributed by atoms with Gasteiger partial charge in [-0.2, -0.15) is 5.10 Å². The molecule has 0 saturated heterocycles. The Hall–Kier alpha value is -3.40. The molecule has 0 bridgehead atoms. The van der Waals surface area contributed by atoms with Gasteiger partial charge in [0, 0.05) is 26.3 Å². The van der Waals surface area contributed by atoms with Crippen LogP contribution in [0.3, 0.4) is 0 Å². The van der Waals surface area contributed by atoms with E-state index in [2.05, 4.69) is 14.8 Å². The number of carbonyl (C=O) groups is 1. The normalized spacial score (nSPS) is 11.5. The molecule has 10 heteroatoms. The van der Waals surface area contributed by atoms with Crippen molar-refractivity contribution in [2.45, 2.75) is 52.4 Å². The molecule has 0 spiro atoms. The van der Waals surface area contributed by atoms with Crippen molar-refractivity contribution in [1.82, 2.24) is 14.8 Å². The molecule has 0 unspecified atom stereocenters. The second kappa shape index (κ2) is 10.1. The van der Waals surface area contributed by atoms with Gasteiger partial charge in [0.15, 0.2) is 0 Å². The van der Waals surface area contributed by atoms with Crippen molar-refractivity contribution in [3.05, 3.63) is 63.6 Å². The first kappa shape index (κ1) is 26.2. The van der Waals surface area contributed by atoms with Crippen LogP contribution < -0.4 is 9.62 Å². The third kappa shape index (κ3) is 5.64. The number of aromatic carboxylic acids is 1. The monoisotopic (exact) mass is 499 g/mol. The molecule has 0 amide bonds. The van der Waals surface area contributed by atoms with Gasteiger partial charge in [-0.3, -0.25) is 9.40 Å². The summed E-state index contributed by atoms with van der Waals surface area (Å²) in [5.41, 5.74) is 5.54. The standard InChI is InChI=1S/C25H33N5O4S/c1-15-11-16(2)23(17(3)12-15)35(33,34)28-20-13-22(25(31)32)24(26-14-20)29(6)10-8-9-21-18(4)27-30(7)19(21)5/h11-14,28H,8-10H2,1-7H3,(H,31,32). The van der Waals surface area contributed by atoms with Gasteiger partial charge in [-0.05, 0) is 70.2 Å². The Balaban J connectivity index is 1.80. The molecule has 9 nitrogen and oxygen atoms in total. The van der Waals surface area contributed by atoms with Gasteiger partial charge in [0.2, 0.25) is 0 Å². The van der Waals surface area contributed by atoms with E-state index in [-0.39, 0.29) is 22.0 Å². The number of carboxylic acid groups (broad SMARTS) is 1. The summed E-state index contributed by atoms with van der Waals surface area (Å²) in [6.45, 7) is 9.97. The summed E-state index contributed by atoms with van der Waals surface area (Å²) in [5.74, 6) is -0.898. The van der Waals surface area contributed by atoms with Gasteiger partial charge in [0.25, 0.3) is 10.0 Å². The average Bonchev–Trinajstić information content (AvgIpc) is 2.98. The van der Waals surface area contributed by atoms with E-state index in [1.54, 1.807) is 37.9 Å². The zero-order chi connectivity index (χ0) is 26.1. The van der Waals surface area contributed by atoms with Gasteiger partial charge in [-0.15, -0.1) is 0 Å². The number of aromatic nitrogens is 3. The summed E-state index contributed by atoms with van der Waals surface area (Å²) < 4.78 is 30.5. The summed E-state index contributed by atoms with van der Waals surface area (Å²) in [6.07, 6.45) is 2.94. The molecule has 0 atom stereocenters. The lowest BCUT2D eigenvalue weighted by atomic mass is 10.1. The number of rotatable bonds is 9. The molecule has 2 heterocycles. The SMILES string of the molecule is Cc1cc(C)c(S(=O)(=O)Nc2cnc(N(C)CCCc3c(C)nn(C)c3C)c(C(=O)O)c2)c(C)c1. The number of benzene rings is 1. The first-order chi connectivity index (χ1) is 16.3. The summed E-state index contributed by atoms with van der Waals surface area (Å²) in [5, 5.41) is 14.2. The van der Waals surface area contributed by atoms with Crippen LogP contribution in [0.25, 0.3) is 0 Å². The Morgan fingerprint density at radius 2 is 1.74 bits per heavy atom. The second-order valence-corrected chi connectivity index (χ2v) is 10.7. The van der Waals surface area contributed by atoms with E-state index in [0.717, 1.165) is 29.8 Å². The molecule has 3 aromatic rings. The second-order valence-electron chi connectivity index (χ2n) is 9.03. The van der Waals surface area contributed by atoms with Gasteiger partial charge >= 0.3 is 5.97 Å². The van der Waals surface area contributed by atoms with Crippen LogP contribution in [0, 0.1) is 34.6 Å². The highest BCUT2D eigenvalue weighted by Gasteiger charge is 2.22. The van der Waals surface area contributed by atoms with Crippen molar-refractivity contribution in [2.24, 2.45) is 7.05 Å². The predicted octanol–water partition coefficient (Wildman–Crippen LogP) is 3.93. The van der Waals surface area contributed by atoms with Crippen LogP contribution in [0.15, 0.2) is 29.3 Å². The topological polar surface area (TPSA) is 117 Å². The maximum Gasteiger partial charge on any atom is 0.339 e. The molecule has 2 N–H and O–H groups in total.